The van der Waals surface area contributed by atoms with Crippen molar-refractivity contribution in [1.29, 1.82) is 0 Å². The number of halogens is 1. The van der Waals surface area contributed by atoms with Gasteiger partial charge in [-0.15, -0.1) is 0 Å². The lowest BCUT2D eigenvalue weighted by molar-refractivity contribution is -0.145. The Morgan fingerprint density at radius 2 is 2.00 bits per heavy atom. The molecule has 0 N–H and O–H groups in total. The van der Waals surface area contributed by atoms with Gasteiger partial charge in [0, 0.05) is 17.6 Å². The Labute approximate surface area is 153 Å². The molecule has 0 spiro atoms. The highest BCUT2D eigenvalue weighted by Gasteiger charge is 2.38. The fourth-order valence-corrected chi connectivity index (χ4v) is 4.32. The van der Waals surface area contributed by atoms with Crippen LogP contribution >= 0.6 is 11.6 Å². The molecule has 2 aromatic rings. The smallest absolute Gasteiger partial charge is 0.307 e. The Morgan fingerprint density at radius 1 is 1.16 bits per heavy atom. The second-order valence-corrected chi connectivity index (χ2v) is 7.38. The van der Waals surface area contributed by atoms with Gasteiger partial charge in [0.1, 0.15) is 6.61 Å². The number of nitrogens with zero attached hydrogens (tertiary/aromatic N) is 1. The first-order valence-corrected chi connectivity index (χ1v) is 9.31. The van der Waals surface area contributed by atoms with Crippen molar-refractivity contribution in [2.45, 2.75) is 37.8 Å². The van der Waals surface area contributed by atoms with Gasteiger partial charge in [0.25, 0.3) is 0 Å². The molecule has 25 heavy (non-hydrogen) atoms. The van der Waals surface area contributed by atoms with Crippen LogP contribution in [0.15, 0.2) is 48.5 Å². The number of hydrogen-bond acceptors (Lipinski definition) is 3. The van der Waals surface area contributed by atoms with Crippen LogP contribution in [0.3, 0.4) is 0 Å². The highest BCUT2D eigenvalue weighted by Crippen LogP contribution is 2.49. The van der Waals surface area contributed by atoms with E-state index in [0.717, 1.165) is 36.5 Å². The molecule has 0 radical (unpaired) electrons. The topological polar surface area (TPSA) is 29.5 Å². The summed E-state index contributed by atoms with van der Waals surface area (Å²) in [5.41, 5.74) is 3.83. The number of fused-ring (bicyclic) bond motifs is 5. The number of carbonyl (C=O) groups is 1. The minimum Gasteiger partial charge on any atom is -0.461 e. The first-order valence-electron chi connectivity index (χ1n) is 8.93. The van der Waals surface area contributed by atoms with Gasteiger partial charge in [-0.1, -0.05) is 48.0 Å². The molecule has 1 saturated heterocycles. The molecular formula is C21H22ClNO2. The van der Waals surface area contributed by atoms with Gasteiger partial charge in [0.05, 0.1) is 6.42 Å². The van der Waals surface area contributed by atoms with Crippen LogP contribution in [0.25, 0.3) is 0 Å². The Hall–Kier alpha value is -1.84. The van der Waals surface area contributed by atoms with Crippen molar-refractivity contribution in [2.24, 2.45) is 0 Å². The van der Waals surface area contributed by atoms with Crippen molar-refractivity contribution in [3.8, 4) is 0 Å². The normalized spacial score (nSPS) is 21.8. The van der Waals surface area contributed by atoms with E-state index in [1.807, 2.05) is 36.4 Å². The van der Waals surface area contributed by atoms with E-state index in [1.54, 1.807) is 0 Å². The Balaban J connectivity index is 1.33. The first-order chi connectivity index (χ1) is 12.2. The lowest BCUT2D eigenvalue weighted by atomic mass is 9.95. The zero-order chi connectivity index (χ0) is 17.2. The summed E-state index contributed by atoms with van der Waals surface area (Å²) in [6.07, 6.45) is 2.73. The number of esters is 1. The minimum absolute atomic E-state index is 0.125. The minimum atomic E-state index is -0.125. The highest BCUT2D eigenvalue weighted by atomic mass is 35.5. The summed E-state index contributed by atoms with van der Waals surface area (Å²) in [6, 6.07) is 16.5. The zero-order valence-corrected chi connectivity index (χ0v) is 14.9. The van der Waals surface area contributed by atoms with E-state index in [2.05, 4.69) is 17.0 Å². The van der Waals surface area contributed by atoms with Gasteiger partial charge in [0.15, 0.2) is 0 Å². The molecular weight excluding hydrogens is 334 g/mol. The van der Waals surface area contributed by atoms with Gasteiger partial charge in [-0.25, -0.2) is 0 Å². The van der Waals surface area contributed by atoms with Crippen LogP contribution in [0.2, 0.25) is 5.02 Å². The van der Waals surface area contributed by atoms with Gasteiger partial charge in [-0.3, -0.25) is 9.69 Å². The van der Waals surface area contributed by atoms with Crippen molar-refractivity contribution in [1.82, 2.24) is 4.90 Å². The number of hydrogen-bond donors (Lipinski definition) is 0. The van der Waals surface area contributed by atoms with Gasteiger partial charge in [-0.05, 0) is 54.1 Å². The predicted molar refractivity (Wildman–Crippen MR) is 98.6 cm³/mol. The lowest BCUT2D eigenvalue weighted by Gasteiger charge is -2.33. The van der Waals surface area contributed by atoms with Crippen LogP contribution in [0, 0.1) is 0 Å². The van der Waals surface area contributed by atoms with Crippen molar-refractivity contribution in [3.05, 3.63) is 70.2 Å². The Morgan fingerprint density at radius 3 is 2.84 bits per heavy atom. The molecule has 1 aliphatic heterocycles. The predicted octanol–water partition coefficient (Wildman–Crippen LogP) is 4.71. The highest BCUT2D eigenvalue weighted by molar-refractivity contribution is 6.30. The second kappa shape index (κ2) is 7.19. The Kier molecular flexibility index (Phi) is 4.78. The summed E-state index contributed by atoms with van der Waals surface area (Å²) in [5.74, 6) is 0.500. The molecule has 1 aliphatic carbocycles. The third-order valence-corrected chi connectivity index (χ3v) is 5.64. The summed E-state index contributed by atoms with van der Waals surface area (Å²) in [6.45, 7) is 2.15. The molecule has 2 aliphatic rings. The maximum absolute atomic E-state index is 12.1. The van der Waals surface area contributed by atoms with E-state index in [4.69, 9.17) is 16.3 Å². The first kappa shape index (κ1) is 16.6. The quantitative estimate of drug-likeness (QED) is 0.727. The fraction of sp³-hybridized carbons (Fsp3) is 0.381. The van der Waals surface area contributed by atoms with E-state index in [-0.39, 0.29) is 5.97 Å². The van der Waals surface area contributed by atoms with Gasteiger partial charge < -0.3 is 4.74 Å². The number of benzene rings is 2. The maximum atomic E-state index is 12.1. The van der Waals surface area contributed by atoms with E-state index >= 15 is 0 Å². The van der Waals surface area contributed by atoms with Crippen LogP contribution < -0.4 is 0 Å². The van der Waals surface area contributed by atoms with Gasteiger partial charge in [0.2, 0.25) is 0 Å². The van der Waals surface area contributed by atoms with Crippen molar-refractivity contribution >= 4 is 17.6 Å². The lowest BCUT2D eigenvalue weighted by Crippen LogP contribution is -2.34. The third-order valence-electron chi connectivity index (χ3n) is 5.41. The summed E-state index contributed by atoms with van der Waals surface area (Å²) in [7, 11) is 0. The molecule has 2 aromatic carbocycles. The molecule has 3 nitrogen and oxygen atoms in total. The number of piperidine rings is 1. The van der Waals surface area contributed by atoms with Crippen molar-refractivity contribution in [2.75, 3.05) is 13.1 Å². The molecule has 0 saturated carbocycles. The van der Waals surface area contributed by atoms with Crippen LogP contribution in [-0.4, -0.2) is 24.0 Å². The molecule has 1 heterocycles. The van der Waals surface area contributed by atoms with Crippen LogP contribution in [0.4, 0.5) is 0 Å². The monoisotopic (exact) mass is 355 g/mol. The summed E-state index contributed by atoms with van der Waals surface area (Å²) in [4.78, 5) is 14.5. The maximum Gasteiger partial charge on any atom is 0.307 e. The average molecular weight is 356 g/mol. The van der Waals surface area contributed by atoms with Gasteiger partial charge >= 0.3 is 5.97 Å². The molecule has 1 fully saturated rings. The van der Waals surface area contributed by atoms with Crippen molar-refractivity contribution < 1.29 is 9.53 Å². The Bertz CT molecular complexity index is 762. The number of rotatable bonds is 5. The second-order valence-electron chi connectivity index (χ2n) is 6.94. The molecule has 0 unspecified atom stereocenters. The summed E-state index contributed by atoms with van der Waals surface area (Å²) in [5, 5.41) is 0.822. The molecule has 0 aromatic heterocycles. The summed E-state index contributed by atoms with van der Waals surface area (Å²) >= 11 is 6.16. The largest absolute Gasteiger partial charge is 0.461 e. The average Bonchev–Trinajstić information content (AvgIpc) is 2.93. The van der Waals surface area contributed by atoms with Crippen LogP contribution in [-0.2, 0) is 16.1 Å². The van der Waals surface area contributed by atoms with Crippen LogP contribution in [0.5, 0.6) is 0 Å². The zero-order valence-electron chi connectivity index (χ0n) is 14.2. The molecule has 2 atom stereocenters. The van der Waals surface area contributed by atoms with E-state index in [1.165, 1.54) is 11.1 Å². The SMILES string of the molecule is O=C(CCN1CC[C@@H]2C[C@@H]1c1ccc(Cl)cc12)OCc1ccccc1. The fourth-order valence-electron chi connectivity index (χ4n) is 4.14. The number of ether oxygens (including phenoxy) is 1. The van der Waals surface area contributed by atoms with E-state index < -0.39 is 0 Å². The molecule has 0 amide bonds. The van der Waals surface area contributed by atoms with Crippen LogP contribution in [0.1, 0.15) is 47.9 Å². The molecule has 4 rings (SSSR count). The number of likely N-dealkylation sites (tertiary alicyclic amines) is 1. The van der Waals surface area contributed by atoms with E-state index in [0.29, 0.717) is 25.0 Å². The molecule has 4 heteroatoms. The number of carbonyl (C=O) groups excluding carboxylic acids is 1. The third kappa shape index (κ3) is 3.58. The van der Waals surface area contributed by atoms with Crippen molar-refractivity contribution in [3.63, 3.8) is 0 Å². The van der Waals surface area contributed by atoms with Gasteiger partial charge in [-0.2, -0.15) is 0 Å². The van der Waals surface area contributed by atoms with E-state index in [9.17, 15) is 4.79 Å². The molecule has 130 valence electrons. The standard InChI is InChI=1S/C21H22ClNO2/c22-17-6-7-18-19(13-17)16-8-10-23(20(18)12-16)11-9-21(24)25-14-15-4-2-1-3-5-15/h1-7,13,16,20H,8-12,14H2/t16-,20-/m1/s1. The molecule has 2 bridgehead atoms. The summed E-state index contributed by atoms with van der Waals surface area (Å²) < 4.78 is 5.40.